The predicted octanol–water partition coefficient (Wildman–Crippen LogP) is 4.14. The molecular weight excluding hydrogens is 332 g/mol. The first kappa shape index (κ1) is 17.5. The van der Waals surface area contributed by atoms with Crippen molar-refractivity contribution in [3.8, 4) is 5.75 Å². The fourth-order valence-electron chi connectivity index (χ4n) is 2.64. The van der Waals surface area contributed by atoms with E-state index in [2.05, 4.69) is 36.2 Å². The highest BCUT2D eigenvalue weighted by Crippen LogP contribution is 2.25. The minimum atomic E-state index is -0.0447. The van der Waals surface area contributed by atoms with E-state index in [1.807, 2.05) is 31.2 Å². The van der Waals surface area contributed by atoms with E-state index in [0.29, 0.717) is 31.0 Å². The Morgan fingerprint density at radius 3 is 2.72 bits per heavy atom. The van der Waals surface area contributed by atoms with Crippen LogP contribution >= 0.6 is 11.8 Å². The van der Waals surface area contributed by atoms with Crippen molar-refractivity contribution in [1.82, 2.24) is 4.90 Å². The number of rotatable bonds is 5. The van der Waals surface area contributed by atoms with Crippen molar-refractivity contribution >= 4 is 22.8 Å². The predicted molar refractivity (Wildman–Crippen MR) is 103 cm³/mol. The minimum Gasteiger partial charge on any atom is -0.493 e. The maximum Gasteiger partial charge on any atom is 0.263 e. The quantitative estimate of drug-likeness (QED) is 0.810. The molecule has 5 heteroatoms. The summed E-state index contributed by atoms with van der Waals surface area (Å²) in [6.45, 7) is 5.80. The number of benzene rings is 2. The zero-order valence-corrected chi connectivity index (χ0v) is 15.4. The smallest absolute Gasteiger partial charge is 0.263 e. The highest BCUT2D eigenvalue weighted by atomic mass is 32.2. The molecule has 0 saturated carbocycles. The van der Waals surface area contributed by atoms with Gasteiger partial charge in [0.2, 0.25) is 0 Å². The third-order valence-electron chi connectivity index (χ3n) is 3.95. The molecule has 2 aromatic carbocycles. The van der Waals surface area contributed by atoms with E-state index < -0.39 is 0 Å². The second kappa shape index (κ2) is 8.21. The Balaban J connectivity index is 1.70. The monoisotopic (exact) mass is 354 g/mol. The molecule has 0 radical (unpaired) electrons. The normalized spacial score (nSPS) is 13.7. The SMILES string of the molecule is CCOc1ccccc1C(=O)N1CCN=C1SCc1ccc(C)cc1. The number of nitrogens with zero attached hydrogens (tertiary/aromatic N) is 2. The summed E-state index contributed by atoms with van der Waals surface area (Å²) in [7, 11) is 0. The molecule has 4 nitrogen and oxygen atoms in total. The Hall–Kier alpha value is -2.27. The Kier molecular flexibility index (Phi) is 5.76. The molecule has 0 atom stereocenters. The van der Waals surface area contributed by atoms with Gasteiger partial charge in [-0.3, -0.25) is 14.7 Å². The van der Waals surface area contributed by atoms with Crippen molar-refractivity contribution in [1.29, 1.82) is 0 Å². The van der Waals surface area contributed by atoms with E-state index in [0.717, 1.165) is 10.9 Å². The number of amides is 1. The second-order valence-electron chi connectivity index (χ2n) is 5.82. The van der Waals surface area contributed by atoms with Crippen molar-refractivity contribution in [2.45, 2.75) is 19.6 Å². The van der Waals surface area contributed by atoms with E-state index in [9.17, 15) is 4.79 Å². The van der Waals surface area contributed by atoms with Crippen molar-refractivity contribution in [2.75, 3.05) is 19.7 Å². The van der Waals surface area contributed by atoms with Gasteiger partial charge in [-0.05, 0) is 31.5 Å². The molecular formula is C20H22N2O2S. The molecule has 0 saturated heterocycles. The van der Waals surface area contributed by atoms with Crippen LogP contribution in [0.4, 0.5) is 0 Å². The number of hydrogen-bond donors (Lipinski definition) is 0. The number of thioether (sulfide) groups is 1. The van der Waals surface area contributed by atoms with Gasteiger partial charge >= 0.3 is 0 Å². The molecule has 0 N–H and O–H groups in total. The summed E-state index contributed by atoms with van der Waals surface area (Å²) in [6, 6.07) is 15.8. The van der Waals surface area contributed by atoms with Crippen LogP contribution in [0.3, 0.4) is 0 Å². The van der Waals surface area contributed by atoms with Crippen molar-refractivity contribution in [3.05, 3.63) is 65.2 Å². The van der Waals surface area contributed by atoms with Crippen LogP contribution in [-0.2, 0) is 5.75 Å². The molecule has 25 heavy (non-hydrogen) atoms. The lowest BCUT2D eigenvalue weighted by Gasteiger charge is -2.19. The summed E-state index contributed by atoms with van der Waals surface area (Å²) in [4.78, 5) is 19.2. The fourth-order valence-corrected chi connectivity index (χ4v) is 3.64. The summed E-state index contributed by atoms with van der Waals surface area (Å²) in [5.41, 5.74) is 3.07. The van der Waals surface area contributed by atoms with Gasteiger partial charge < -0.3 is 4.74 Å². The van der Waals surface area contributed by atoms with Crippen molar-refractivity contribution in [3.63, 3.8) is 0 Å². The number of aliphatic imine (C=N–C) groups is 1. The molecule has 1 aliphatic rings. The van der Waals surface area contributed by atoms with Crippen LogP contribution in [0, 0.1) is 6.92 Å². The molecule has 0 spiro atoms. The van der Waals surface area contributed by atoms with E-state index in [-0.39, 0.29) is 5.91 Å². The number of amidine groups is 1. The second-order valence-corrected chi connectivity index (χ2v) is 6.77. The molecule has 0 aromatic heterocycles. The Labute approximate surface area is 152 Å². The third kappa shape index (κ3) is 4.23. The lowest BCUT2D eigenvalue weighted by Crippen LogP contribution is -2.33. The maximum absolute atomic E-state index is 13.0. The highest BCUT2D eigenvalue weighted by molar-refractivity contribution is 8.13. The van der Waals surface area contributed by atoms with E-state index in [1.165, 1.54) is 11.1 Å². The lowest BCUT2D eigenvalue weighted by atomic mass is 10.2. The largest absolute Gasteiger partial charge is 0.493 e. The average molecular weight is 354 g/mol. The van der Waals surface area contributed by atoms with E-state index >= 15 is 0 Å². The first-order valence-corrected chi connectivity index (χ1v) is 9.44. The van der Waals surface area contributed by atoms with Crippen LogP contribution in [0.25, 0.3) is 0 Å². The topological polar surface area (TPSA) is 41.9 Å². The molecule has 0 unspecified atom stereocenters. The van der Waals surface area contributed by atoms with Crippen LogP contribution in [0.2, 0.25) is 0 Å². The lowest BCUT2D eigenvalue weighted by molar-refractivity contribution is 0.0856. The van der Waals surface area contributed by atoms with Gasteiger partial charge in [-0.1, -0.05) is 53.7 Å². The average Bonchev–Trinajstić information content (AvgIpc) is 3.10. The van der Waals surface area contributed by atoms with Crippen molar-refractivity contribution < 1.29 is 9.53 Å². The fraction of sp³-hybridized carbons (Fsp3) is 0.300. The highest BCUT2D eigenvalue weighted by Gasteiger charge is 2.27. The number of carbonyl (C=O) groups is 1. The first-order chi connectivity index (χ1) is 12.2. The minimum absolute atomic E-state index is 0.0447. The van der Waals surface area contributed by atoms with Gasteiger partial charge in [0.25, 0.3) is 5.91 Å². The molecule has 1 aliphatic heterocycles. The van der Waals surface area contributed by atoms with Crippen LogP contribution in [0.5, 0.6) is 5.75 Å². The summed E-state index contributed by atoms with van der Waals surface area (Å²) < 4.78 is 5.60. The molecule has 3 rings (SSSR count). The molecule has 1 amide bonds. The van der Waals surface area contributed by atoms with Gasteiger partial charge in [-0.25, -0.2) is 0 Å². The molecule has 0 aliphatic carbocycles. The Morgan fingerprint density at radius 2 is 1.96 bits per heavy atom. The zero-order chi connectivity index (χ0) is 17.6. The van der Waals surface area contributed by atoms with Crippen LogP contribution in [-0.4, -0.2) is 35.7 Å². The molecule has 0 bridgehead atoms. The first-order valence-electron chi connectivity index (χ1n) is 8.45. The summed E-state index contributed by atoms with van der Waals surface area (Å²) in [5, 5.41) is 0.789. The number of carbonyl (C=O) groups excluding carboxylic acids is 1. The standard InChI is InChI=1S/C20H22N2O2S/c1-3-24-18-7-5-4-6-17(18)19(23)22-13-12-21-20(22)25-14-16-10-8-15(2)9-11-16/h4-11H,3,12-14H2,1-2H3. The molecule has 2 aromatic rings. The molecule has 1 heterocycles. The van der Waals surface area contributed by atoms with Gasteiger partial charge in [-0.15, -0.1) is 0 Å². The van der Waals surface area contributed by atoms with Crippen molar-refractivity contribution in [2.24, 2.45) is 4.99 Å². The molecule has 0 fully saturated rings. The Morgan fingerprint density at radius 1 is 1.20 bits per heavy atom. The Bertz CT molecular complexity index is 772. The summed E-state index contributed by atoms with van der Waals surface area (Å²) in [5.74, 6) is 1.39. The third-order valence-corrected chi connectivity index (χ3v) is 5.04. The van der Waals surface area contributed by atoms with Crippen LogP contribution in [0.15, 0.2) is 53.5 Å². The van der Waals surface area contributed by atoms with E-state index in [1.54, 1.807) is 16.7 Å². The van der Waals surface area contributed by atoms with Crippen LogP contribution in [0.1, 0.15) is 28.4 Å². The van der Waals surface area contributed by atoms with Gasteiger partial charge in [0.15, 0.2) is 5.17 Å². The van der Waals surface area contributed by atoms with E-state index in [4.69, 9.17) is 4.74 Å². The molecule has 130 valence electrons. The number of ether oxygens (including phenoxy) is 1. The maximum atomic E-state index is 13.0. The van der Waals surface area contributed by atoms with Gasteiger partial charge in [0.1, 0.15) is 5.75 Å². The number of para-hydroxylation sites is 1. The number of hydrogen-bond acceptors (Lipinski definition) is 4. The summed E-state index contributed by atoms with van der Waals surface area (Å²) in [6.07, 6.45) is 0. The van der Waals surface area contributed by atoms with Gasteiger partial charge in [0, 0.05) is 12.3 Å². The summed E-state index contributed by atoms with van der Waals surface area (Å²) >= 11 is 1.61. The zero-order valence-electron chi connectivity index (χ0n) is 14.6. The van der Waals surface area contributed by atoms with Crippen LogP contribution < -0.4 is 4.74 Å². The van der Waals surface area contributed by atoms with Gasteiger partial charge in [0.05, 0.1) is 18.7 Å². The number of aryl methyl sites for hydroxylation is 1. The van der Waals surface area contributed by atoms with Gasteiger partial charge in [-0.2, -0.15) is 0 Å².